The molecule has 0 aromatic carbocycles. The van der Waals surface area contributed by atoms with Crippen LogP contribution in [0.3, 0.4) is 0 Å². The van der Waals surface area contributed by atoms with Gasteiger partial charge in [-0.25, -0.2) is 0 Å². The zero-order chi connectivity index (χ0) is 12.3. The third-order valence-electron chi connectivity index (χ3n) is 4.09. The average Bonchev–Trinajstić information content (AvgIpc) is 2.38. The lowest BCUT2D eigenvalue weighted by Gasteiger charge is -2.30. The minimum atomic E-state index is 0.726. The molecule has 1 saturated carbocycles. The van der Waals surface area contributed by atoms with E-state index in [4.69, 9.17) is 10.5 Å². The largest absolute Gasteiger partial charge is 0.381 e. The Morgan fingerprint density at radius 2 is 1.71 bits per heavy atom. The Labute approximate surface area is 107 Å². The van der Waals surface area contributed by atoms with Crippen LogP contribution in [0.15, 0.2) is 0 Å². The summed E-state index contributed by atoms with van der Waals surface area (Å²) in [4.78, 5) is 0. The molecule has 2 unspecified atom stereocenters. The fraction of sp³-hybridized carbons (Fsp3) is 1.00. The third-order valence-corrected chi connectivity index (χ3v) is 4.09. The quantitative estimate of drug-likeness (QED) is 0.624. The van der Waals surface area contributed by atoms with E-state index in [1.165, 1.54) is 57.8 Å². The molecule has 0 aromatic rings. The van der Waals surface area contributed by atoms with E-state index in [9.17, 15) is 0 Å². The highest BCUT2D eigenvalue weighted by molar-refractivity contribution is 4.75. The molecule has 0 aromatic heterocycles. The highest BCUT2D eigenvalue weighted by atomic mass is 16.5. The number of ether oxygens (including phenoxy) is 1. The molecular weight excluding hydrogens is 210 g/mol. The maximum absolute atomic E-state index is 5.83. The highest BCUT2D eigenvalue weighted by Gasteiger charge is 2.23. The third kappa shape index (κ3) is 6.42. The van der Waals surface area contributed by atoms with Crippen molar-refractivity contribution in [1.29, 1.82) is 0 Å². The van der Waals surface area contributed by atoms with E-state index in [1.807, 2.05) is 0 Å². The number of rotatable bonds is 9. The number of hydrogen-bond donors (Lipinski definition) is 1. The first kappa shape index (κ1) is 15.0. The van der Waals surface area contributed by atoms with Gasteiger partial charge in [0.05, 0.1) is 0 Å². The Morgan fingerprint density at radius 3 is 2.41 bits per heavy atom. The fourth-order valence-corrected chi connectivity index (χ4v) is 2.86. The summed E-state index contributed by atoms with van der Waals surface area (Å²) in [6.45, 7) is 5.02. The Balaban J connectivity index is 1.97. The van der Waals surface area contributed by atoms with Crippen LogP contribution in [-0.4, -0.2) is 19.8 Å². The summed E-state index contributed by atoms with van der Waals surface area (Å²) >= 11 is 0. The van der Waals surface area contributed by atoms with Gasteiger partial charge < -0.3 is 10.5 Å². The summed E-state index contributed by atoms with van der Waals surface area (Å²) in [6, 6.07) is 0. The standard InChI is InChI=1S/C15H31NO/c1-2-3-4-5-8-11-17-13-15-10-7-6-9-14(15)12-16/h14-15H,2-13,16H2,1H3. The van der Waals surface area contributed by atoms with E-state index in [-0.39, 0.29) is 0 Å². The van der Waals surface area contributed by atoms with Gasteiger partial charge in [0.25, 0.3) is 0 Å². The van der Waals surface area contributed by atoms with Crippen LogP contribution in [0.5, 0.6) is 0 Å². The molecule has 1 aliphatic carbocycles. The Hall–Kier alpha value is -0.0800. The molecule has 0 aliphatic heterocycles. The molecule has 2 heteroatoms. The molecule has 2 atom stereocenters. The Morgan fingerprint density at radius 1 is 1.00 bits per heavy atom. The van der Waals surface area contributed by atoms with E-state index in [1.54, 1.807) is 0 Å². The fourth-order valence-electron chi connectivity index (χ4n) is 2.86. The first-order chi connectivity index (χ1) is 8.38. The Bertz CT molecular complexity index is 172. The molecule has 1 aliphatic rings. The molecule has 0 heterocycles. The molecule has 2 N–H and O–H groups in total. The van der Waals surface area contributed by atoms with Gasteiger partial charge in [-0.05, 0) is 37.6 Å². The summed E-state index contributed by atoms with van der Waals surface area (Å²) in [5.74, 6) is 1.47. The molecule has 102 valence electrons. The number of hydrogen-bond acceptors (Lipinski definition) is 2. The number of nitrogens with two attached hydrogens (primary N) is 1. The molecule has 2 nitrogen and oxygen atoms in total. The van der Waals surface area contributed by atoms with Crippen LogP contribution in [0.25, 0.3) is 0 Å². The molecule has 0 spiro atoms. The molecule has 0 bridgehead atoms. The first-order valence-corrected chi connectivity index (χ1v) is 7.66. The van der Waals surface area contributed by atoms with Crippen molar-refractivity contribution < 1.29 is 4.74 Å². The van der Waals surface area contributed by atoms with Gasteiger partial charge in [0.15, 0.2) is 0 Å². The molecule has 1 rings (SSSR count). The van der Waals surface area contributed by atoms with Crippen LogP contribution in [0, 0.1) is 11.8 Å². The normalized spacial score (nSPS) is 25.1. The summed E-state index contributed by atoms with van der Waals surface area (Å²) in [7, 11) is 0. The molecule has 0 amide bonds. The van der Waals surface area contributed by atoms with E-state index >= 15 is 0 Å². The predicted octanol–water partition coefficient (Wildman–Crippen LogP) is 3.74. The second-order valence-electron chi connectivity index (χ2n) is 5.53. The van der Waals surface area contributed by atoms with Gasteiger partial charge in [0.2, 0.25) is 0 Å². The van der Waals surface area contributed by atoms with Gasteiger partial charge in [-0.1, -0.05) is 45.4 Å². The second-order valence-corrected chi connectivity index (χ2v) is 5.53. The minimum absolute atomic E-state index is 0.726. The minimum Gasteiger partial charge on any atom is -0.381 e. The van der Waals surface area contributed by atoms with Crippen LogP contribution in [0.4, 0.5) is 0 Å². The van der Waals surface area contributed by atoms with Crippen molar-refractivity contribution in [2.24, 2.45) is 17.6 Å². The maximum atomic E-state index is 5.83. The topological polar surface area (TPSA) is 35.2 Å². The highest BCUT2D eigenvalue weighted by Crippen LogP contribution is 2.29. The van der Waals surface area contributed by atoms with E-state index < -0.39 is 0 Å². The summed E-state index contributed by atoms with van der Waals surface area (Å²) < 4.78 is 5.83. The van der Waals surface area contributed by atoms with Crippen molar-refractivity contribution >= 4 is 0 Å². The zero-order valence-corrected chi connectivity index (χ0v) is 11.6. The molecule has 17 heavy (non-hydrogen) atoms. The number of unbranched alkanes of at least 4 members (excludes halogenated alkanes) is 4. The summed E-state index contributed by atoms with van der Waals surface area (Å²) in [5, 5.41) is 0. The molecular formula is C15H31NO. The summed E-state index contributed by atoms with van der Waals surface area (Å²) in [5.41, 5.74) is 5.82. The van der Waals surface area contributed by atoms with Crippen molar-refractivity contribution in [2.75, 3.05) is 19.8 Å². The van der Waals surface area contributed by atoms with Gasteiger partial charge in [-0.15, -0.1) is 0 Å². The van der Waals surface area contributed by atoms with Crippen LogP contribution in [-0.2, 0) is 4.74 Å². The Kier molecular flexibility index (Phi) is 8.72. The van der Waals surface area contributed by atoms with Crippen molar-refractivity contribution in [2.45, 2.75) is 64.7 Å². The van der Waals surface area contributed by atoms with Crippen LogP contribution < -0.4 is 5.73 Å². The van der Waals surface area contributed by atoms with Gasteiger partial charge in [-0.2, -0.15) is 0 Å². The van der Waals surface area contributed by atoms with Crippen LogP contribution in [0.2, 0.25) is 0 Å². The molecule has 0 radical (unpaired) electrons. The second kappa shape index (κ2) is 9.90. The summed E-state index contributed by atoms with van der Waals surface area (Å²) in [6.07, 6.45) is 12.0. The van der Waals surface area contributed by atoms with E-state index in [0.29, 0.717) is 0 Å². The first-order valence-electron chi connectivity index (χ1n) is 7.66. The van der Waals surface area contributed by atoms with Gasteiger partial charge in [-0.3, -0.25) is 0 Å². The lowest BCUT2D eigenvalue weighted by atomic mass is 9.80. The van der Waals surface area contributed by atoms with E-state index in [0.717, 1.165) is 31.6 Å². The average molecular weight is 241 g/mol. The van der Waals surface area contributed by atoms with E-state index in [2.05, 4.69) is 6.92 Å². The zero-order valence-electron chi connectivity index (χ0n) is 11.6. The smallest absolute Gasteiger partial charge is 0.0497 e. The van der Waals surface area contributed by atoms with Gasteiger partial charge in [0.1, 0.15) is 0 Å². The monoisotopic (exact) mass is 241 g/mol. The predicted molar refractivity (Wildman–Crippen MR) is 74.1 cm³/mol. The molecule has 0 saturated heterocycles. The van der Waals surface area contributed by atoms with Gasteiger partial charge in [0, 0.05) is 13.2 Å². The lowest BCUT2D eigenvalue weighted by Crippen LogP contribution is -2.30. The van der Waals surface area contributed by atoms with Crippen molar-refractivity contribution in [3.8, 4) is 0 Å². The molecule has 1 fully saturated rings. The SMILES string of the molecule is CCCCCCCOCC1CCCCC1CN. The van der Waals surface area contributed by atoms with Gasteiger partial charge >= 0.3 is 0 Å². The van der Waals surface area contributed by atoms with Crippen LogP contribution in [0.1, 0.15) is 64.7 Å². The van der Waals surface area contributed by atoms with Crippen molar-refractivity contribution in [3.63, 3.8) is 0 Å². The maximum Gasteiger partial charge on any atom is 0.0497 e. The lowest BCUT2D eigenvalue weighted by molar-refractivity contribution is 0.0589. The van der Waals surface area contributed by atoms with Crippen molar-refractivity contribution in [1.82, 2.24) is 0 Å². The van der Waals surface area contributed by atoms with Crippen LogP contribution >= 0.6 is 0 Å². The van der Waals surface area contributed by atoms with Crippen molar-refractivity contribution in [3.05, 3.63) is 0 Å².